The smallest absolute Gasteiger partial charge is 0.276 e. The van der Waals surface area contributed by atoms with Gasteiger partial charge >= 0.3 is 0 Å². The number of hydrogen-bond donors (Lipinski definition) is 1. The van der Waals surface area contributed by atoms with Gasteiger partial charge in [-0.1, -0.05) is 5.16 Å². The minimum Gasteiger partial charge on any atom is -0.381 e. The van der Waals surface area contributed by atoms with Crippen LogP contribution in [0.3, 0.4) is 0 Å². The van der Waals surface area contributed by atoms with Crippen molar-refractivity contribution in [1.29, 1.82) is 0 Å². The van der Waals surface area contributed by atoms with Crippen molar-refractivity contribution in [2.24, 2.45) is 0 Å². The summed E-state index contributed by atoms with van der Waals surface area (Å²) < 4.78 is 18.3. The number of rotatable bonds is 4. The van der Waals surface area contributed by atoms with Crippen LogP contribution in [-0.2, 0) is 0 Å². The summed E-state index contributed by atoms with van der Waals surface area (Å²) in [7, 11) is 0. The number of carbonyl (C=O) groups excluding carboxylic acids is 1. The van der Waals surface area contributed by atoms with E-state index in [1.165, 1.54) is 12.1 Å². The van der Waals surface area contributed by atoms with E-state index in [0.717, 1.165) is 43.7 Å². The van der Waals surface area contributed by atoms with Gasteiger partial charge in [0.25, 0.3) is 5.91 Å². The van der Waals surface area contributed by atoms with Crippen molar-refractivity contribution in [3.05, 3.63) is 47.6 Å². The third-order valence-corrected chi connectivity index (χ3v) is 4.65. The molecule has 1 N–H and O–H groups in total. The number of likely N-dealkylation sites (tertiary alicyclic amines) is 1. The van der Waals surface area contributed by atoms with Crippen LogP contribution in [0.25, 0.3) is 0 Å². The van der Waals surface area contributed by atoms with Crippen LogP contribution in [0.2, 0.25) is 0 Å². The maximum atomic E-state index is 13.0. The summed E-state index contributed by atoms with van der Waals surface area (Å²) in [5, 5.41) is 7.32. The summed E-state index contributed by atoms with van der Waals surface area (Å²) in [6.45, 7) is 1.34. The molecule has 0 spiro atoms. The molecule has 1 saturated carbocycles. The Balaban J connectivity index is 1.39. The van der Waals surface area contributed by atoms with Crippen LogP contribution in [0.15, 0.2) is 34.9 Å². The van der Waals surface area contributed by atoms with E-state index < -0.39 is 0 Å². The number of nitrogens with zero attached hydrogens (tertiary/aromatic N) is 2. The Kier molecular flexibility index (Phi) is 3.96. The van der Waals surface area contributed by atoms with Crippen LogP contribution in [0.4, 0.5) is 10.1 Å². The highest BCUT2D eigenvalue weighted by atomic mass is 19.1. The lowest BCUT2D eigenvalue weighted by molar-refractivity contribution is 0.0704. The Morgan fingerprint density at radius 1 is 1.25 bits per heavy atom. The summed E-state index contributed by atoms with van der Waals surface area (Å²) in [4.78, 5) is 14.4. The van der Waals surface area contributed by atoms with Gasteiger partial charge in [0.1, 0.15) is 11.6 Å². The second kappa shape index (κ2) is 6.26. The molecule has 4 rings (SSSR count). The molecule has 0 radical (unpaired) electrons. The third kappa shape index (κ3) is 3.27. The Bertz CT molecular complexity index is 724. The summed E-state index contributed by atoms with van der Waals surface area (Å²) in [5.41, 5.74) is 1.27. The second-order valence-corrected chi connectivity index (χ2v) is 6.63. The van der Waals surface area contributed by atoms with E-state index in [-0.39, 0.29) is 17.8 Å². The highest BCUT2D eigenvalue weighted by Crippen LogP contribution is 2.40. The van der Waals surface area contributed by atoms with Crippen molar-refractivity contribution in [2.75, 3.05) is 18.4 Å². The molecule has 1 amide bonds. The number of piperidine rings is 1. The van der Waals surface area contributed by atoms with E-state index in [2.05, 4.69) is 10.5 Å². The molecule has 0 bridgehead atoms. The fourth-order valence-corrected chi connectivity index (χ4v) is 3.17. The van der Waals surface area contributed by atoms with Crippen molar-refractivity contribution in [1.82, 2.24) is 10.1 Å². The predicted molar refractivity (Wildman–Crippen MR) is 87.4 cm³/mol. The Morgan fingerprint density at radius 3 is 2.79 bits per heavy atom. The molecular weight excluding hydrogens is 309 g/mol. The first kappa shape index (κ1) is 15.2. The Morgan fingerprint density at radius 2 is 2.04 bits per heavy atom. The number of hydrogen-bond acceptors (Lipinski definition) is 4. The molecule has 2 aromatic rings. The predicted octanol–water partition coefficient (Wildman–Crippen LogP) is 3.41. The SMILES string of the molecule is O=C(c1cc(C2CC2)on1)N1CCCC(Nc2ccc(F)cc2)C1. The van der Waals surface area contributed by atoms with Gasteiger partial charge in [0.2, 0.25) is 0 Å². The van der Waals surface area contributed by atoms with E-state index >= 15 is 0 Å². The topological polar surface area (TPSA) is 58.4 Å². The van der Waals surface area contributed by atoms with Crippen LogP contribution in [0.5, 0.6) is 0 Å². The first-order valence-corrected chi connectivity index (χ1v) is 8.47. The van der Waals surface area contributed by atoms with Gasteiger partial charge in [0.05, 0.1) is 0 Å². The maximum Gasteiger partial charge on any atom is 0.276 e. The van der Waals surface area contributed by atoms with E-state index in [1.807, 2.05) is 4.90 Å². The average Bonchev–Trinajstić information content (AvgIpc) is 3.34. The normalized spacial score (nSPS) is 20.9. The summed E-state index contributed by atoms with van der Waals surface area (Å²) >= 11 is 0. The molecule has 2 aliphatic rings. The molecule has 6 heteroatoms. The quantitative estimate of drug-likeness (QED) is 0.934. The van der Waals surface area contributed by atoms with Crippen molar-refractivity contribution in [3.63, 3.8) is 0 Å². The van der Waals surface area contributed by atoms with Gasteiger partial charge in [-0.05, 0) is 49.9 Å². The van der Waals surface area contributed by atoms with Crippen molar-refractivity contribution >= 4 is 11.6 Å². The molecule has 1 saturated heterocycles. The molecule has 1 atom stereocenters. The van der Waals surface area contributed by atoms with Crippen LogP contribution >= 0.6 is 0 Å². The molecule has 2 heterocycles. The molecule has 126 valence electrons. The Hall–Kier alpha value is -2.37. The highest BCUT2D eigenvalue weighted by Gasteiger charge is 2.31. The zero-order valence-electron chi connectivity index (χ0n) is 13.4. The number of halogens is 1. The zero-order chi connectivity index (χ0) is 16.5. The lowest BCUT2D eigenvalue weighted by atomic mass is 10.0. The van der Waals surface area contributed by atoms with Gasteiger partial charge in [0, 0.05) is 36.8 Å². The summed E-state index contributed by atoms with van der Waals surface area (Å²) in [6.07, 6.45) is 4.15. The molecule has 24 heavy (non-hydrogen) atoms. The third-order valence-electron chi connectivity index (χ3n) is 4.65. The van der Waals surface area contributed by atoms with E-state index in [9.17, 15) is 9.18 Å². The maximum absolute atomic E-state index is 13.0. The standard InChI is InChI=1S/C18H20FN3O2/c19-13-5-7-14(8-6-13)20-15-2-1-9-22(11-15)18(23)16-10-17(24-21-16)12-3-4-12/h5-8,10,12,15,20H,1-4,9,11H2. The van der Waals surface area contributed by atoms with Gasteiger partial charge in [-0.15, -0.1) is 0 Å². The minimum absolute atomic E-state index is 0.0729. The fourth-order valence-electron chi connectivity index (χ4n) is 3.17. The molecule has 1 aromatic carbocycles. The van der Waals surface area contributed by atoms with Gasteiger partial charge in [-0.2, -0.15) is 0 Å². The van der Waals surface area contributed by atoms with Crippen LogP contribution in [0, 0.1) is 5.82 Å². The van der Waals surface area contributed by atoms with Crippen LogP contribution in [-0.4, -0.2) is 35.1 Å². The first-order chi connectivity index (χ1) is 11.7. The summed E-state index contributed by atoms with van der Waals surface area (Å²) in [5.74, 6) is 0.958. The monoisotopic (exact) mass is 329 g/mol. The number of amides is 1. The molecular formula is C18H20FN3O2. The van der Waals surface area contributed by atoms with Gasteiger partial charge < -0.3 is 14.7 Å². The van der Waals surface area contributed by atoms with Crippen LogP contribution in [0.1, 0.15) is 47.8 Å². The van der Waals surface area contributed by atoms with Gasteiger partial charge in [-0.25, -0.2) is 4.39 Å². The largest absolute Gasteiger partial charge is 0.381 e. The van der Waals surface area contributed by atoms with E-state index in [1.54, 1.807) is 18.2 Å². The van der Waals surface area contributed by atoms with Crippen molar-refractivity contribution in [2.45, 2.75) is 37.6 Å². The lowest BCUT2D eigenvalue weighted by Gasteiger charge is -2.33. The molecule has 2 fully saturated rings. The minimum atomic E-state index is -0.251. The molecule has 1 aliphatic heterocycles. The lowest BCUT2D eigenvalue weighted by Crippen LogP contribution is -2.45. The highest BCUT2D eigenvalue weighted by molar-refractivity contribution is 5.92. The van der Waals surface area contributed by atoms with Gasteiger partial charge in [0.15, 0.2) is 5.69 Å². The molecule has 1 aromatic heterocycles. The second-order valence-electron chi connectivity index (χ2n) is 6.63. The van der Waals surface area contributed by atoms with E-state index in [4.69, 9.17) is 4.52 Å². The summed E-state index contributed by atoms with van der Waals surface area (Å²) in [6, 6.07) is 8.25. The van der Waals surface area contributed by atoms with E-state index in [0.29, 0.717) is 18.2 Å². The molecule has 1 unspecified atom stereocenters. The van der Waals surface area contributed by atoms with Gasteiger partial charge in [-0.3, -0.25) is 4.79 Å². The van der Waals surface area contributed by atoms with Crippen molar-refractivity contribution < 1.29 is 13.7 Å². The number of carbonyl (C=O) groups is 1. The molecule has 1 aliphatic carbocycles. The molecule has 5 nitrogen and oxygen atoms in total. The number of benzene rings is 1. The number of anilines is 1. The van der Waals surface area contributed by atoms with Crippen molar-refractivity contribution in [3.8, 4) is 0 Å². The fraction of sp³-hybridized carbons (Fsp3) is 0.444. The Labute approximate surface area is 139 Å². The number of nitrogens with one attached hydrogen (secondary N) is 1. The first-order valence-electron chi connectivity index (χ1n) is 8.47. The number of aromatic nitrogens is 1. The average molecular weight is 329 g/mol. The van der Waals surface area contributed by atoms with Crippen LogP contribution < -0.4 is 5.32 Å². The zero-order valence-corrected chi connectivity index (χ0v) is 13.4.